The summed E-state index contributed by atoms with van der Waals surface area (Å²) in [6.07, 6.45) is 5.19. The smallest absolute Gasteiger partial charge is 0.247 e. The Bertz CT molecular complexity index is 1550. The Labute approximate surface area is 235 Å². The van der Waals surface area contributed by atoms with E-state index in [1.807, 2.05) is 30.3 Å². The highest BCUT2D eigenvalue weighted by Crippen LogP contribution is 2.31. The van der Waals surface area contributed by atoms with Crippen LogP contribution in [0.2, 0.25) is 5.02 Å². The Balaban J connectivity index is 1.50. The van der Waals surface area contributed by atoms with Crippen molar-refractivity contribution < 1.29 is 4.79 Å². The number of benzene rings is 3. The fourth-order valence-electron chi connectivity index (χ4n) is 5.02. The molecule has 3 aromatic rings. The average molecular weight is 540 g/mol. The highest BCUT2D eigenvalue weighted by molar-refractivity contribution is 6.33. The maximum atomic E-state index is 11.9. The minimum Gasteiger partial charge on any atom is -0.368 e. The Morgan fingerprint density at radius 3 is 2.59 bits per heavy atom. The predicted octanol–water partition coefficient (Wildman–Crippen LogP) is 5.42. The van der Waals surface area contributed by atoms with Gasteiger partial charge in [0.1, 0.15) is 5.82 Å². The molecule has 0 bridgehead atoms. The summed E-state index contributed by atoms with van der Waals surface area (Å²) in [6.45, 7) is 9.71. The van der Waals surface area contributed by atoms with Crippen LogP contribution in [-0.4, -0.2) is 44.0 Å². The molecule has 2 heterocycles. The number of allylic oxidation sites excluding steroid dienone is 1. The van der Waals surface area contributed by atoms with Gasteiger partial charge in [-0.3, -0.25) is 4.79 Å². The zero-order valence-corrected chi connectivity index (χ0v) is 23.3. The molecule has 5 rings (SSSR count). The second kappa shape index (κ2) is 11.9. The number of para-hydroxylation sites is 1. The van der Waals surface area contributed by atoms with Crippen LogP contribution >= 0.6 is 11.6 Å². The van der Waals surface area contributed by atoms with Crippen molar-refractivity contribution in [3.05, 3.63) is 100 Å². The van der Waals surface area contributed by atoms with Crippen LogP contribution in [0.4, 0.5) is 17.1 Å². The molecule has 1 amide bonds. The standard InChI is InChI=1S/C32H34ClN5O/c1-4-22-12-13-23-8-7-11-27(24-9-6-10-25(20-24)34-30(39)5-2)31(23)36-32(22)35-26-14-15-29(28(33)21-26)38-18-16-37(3)17-19-38/h5-11,13-15,20-21,35H,2,4,12,16-19H2,1,3H3,(H,34,39). The van der Waals surface area contributed by atoms with Crippen LogP contribution in [0.3, 0.4) is 0 Å². The van der Waals surface area contributed by atoms with Gasteiger partial charge in [-0.1, -0.05) is 61.5 Å². The normalized spacial score (nSPS) is 15.5. The molecule has 1 saturated heterocycles. The molecule has 7 heteroatoms. The molecule has 0 radical (unpaired) electrons. The SMILES string of the molecule is C=CC(=O)Nc1cccc(-c2cccc3c2=NC(Nc2ccc(N4CCN(C)CC4)c(Cl)c2)=C(CC)CC=3)c1. The van der Waals surface area contributed by atoms with E-state index in [2.05, 4.69) is 77.4 Å². The van der Waals surface area contributed by atoms with Crippen molar-refractivity contribution in [1.29, 1.82) is 0 Å². The quantitative estimate of drug-likeness (QED) is 0.394. The van der Waals surface area contributed by atoms with Crippen molar-refractivity contribution in [1.82, 2.24) is 4.90 Å². The van der Waals surface area contributed by atoms with Gasteiger partial charge in [0.2, 0.25) is 5.91 Å². The molecule has 0 aliphatic carbocycles. The van der Waals surface area contributed by atoms with Gasteiger partial charge >= 0.3 is 0 Å². The first-order valence-corrected chi connectivity index (χ1v) is 13.8. The molecule has 3 aromatic carbocycles. The van der Waals surface area contributed by atoms with E-state index in [1.165, 1.54) is 11.6 Å². The lowest BCUT2D eigenvalue weighted by Crippen LogP contribution is -2.44. The Kier molecular flexibility index (Phi) is 8.15. The van der Waals surface area contributed by atoms with E-state index >= 15 is 0 Å². The predicted molar refractivity (Wildman–Crippen MR) is 163 cm³/mol. The Hall–Kier alpha value is -3.87. The van der Waals surface area contributed by atoms with Crippen molar-refractivity contribution in [2.75, 3.05) is 48.8 Å². The van der Waals surface area contributed by atoms with Crippen molar-refractivity contribution in [2.24, 2.45) is 4.99 Å². The minimum absolute atomic E-state index is 0.239. The number of carbonyl (C=O) groups excluding carboxylic acids is 1. The molecule has 0 atom stereocenters. The molecule has 39 heavy (non-hydrogen) atoms. The summed E-state index contributed by atoms with van der Waals surface area (Å²) in [5.41, 5.74) is 5.90. The molecule has 0 saturated carbocycles. The number of anilines is 3. The van der Waals surface area contributed by atoms with Crippen molar-refractivity contribution in [2.45, 2.75) is 19.8 Å². The molecule has 0 aromatic heterocycles. The van der Waals surface area contributed by atoms with Gasteiger partial charge in [-0.05, 0) is 72.7 Å². The number of carbonyl (C=O) groups is 1. The van der Waals surface area contributed by atoms with Gasteiger partial charge in [-0.2, -0.15) is 0 Å². The monoisotopic (exact) mass is 539 g/mol. The lowest BCUT2D eigenvalue weighted by molar-refractivity contribution is -0.111. The number of nitrogens with one attached hydrogen (secondary N) is 2. The fraction of sp³-hybridized carbons (Fsp3) is 0.250. The number of halogens is 1. The topological polar surface area (TPSA) is 60.0 Å². The average Bonchev–Trinajstić information content (AvgIpc) is 3.12. The lowest BCUT2D eigenvalue weighted by atomic mass is 10.0. The second-order valence-electron chi connectivity index (χ2n) is 9.92. The number of likely N-dealkylation sites (N-methyl/N-ethyl adjacent to an activating group) is 1. The van der Waals surface area contributed by atoms with E-state index in [-0.39, 0.29) is 5.91 Å². The molecular formula is C32H34ClN5O. The molecule has 2 N–H and O–H groups in total. The fourth-order valence-corrected chi connectivity index (χ4v) is 5.32. The third kappa shape index (κ3) is 6.08. The van der Waals surface area contributed by atoms with Gasteiger partial charge in [-0.25, -0.2) is 4.99 Å². The summed E-state index contributed by atoms with van der Waals surface area (Å²) in [7, 11) is 2.15. The van der Waals surface area contributed by atoms with Gasteiger partial charge in [-0.15, -0.1) is 0 Å². The van der Waals surface area contributed by atoms with Crippen LogP contribution in [0.1, 0.15) is 19.8 Å². The summed E-state index contributed by atoms with van der Waals surface area (Å²) in [5, 5.41) is 9.15. The zero-order chi connectivity index (χ0) is 27.4. The first kappa shape index (κ1) is 26.7. The summed E-state index contributed by atoms with van der Waals surface area (Å²) in [5.74, 6) is 0.607. The highest BCUT2D eigenvalue weighted by Gasteiger charge is 2.17. The van der Waals surface area contributed by atoms with Crippen molar-refractivity contribution in [3.63, 3.8) is 0 Å². The van der Waals surface area contributed by atoms with Crippen LogP contribution in [0, 0.1) is 0 Å². The van der Waals surface area contributed by atoms with Crippen LogP contribution < -0.4 is 26.1 Å². The van der Waals surface area contributed by atoms with E-state index in [9.17, 15) is 4.79 Å². The maximum Gasteiger partial charge on any atom is 0.247 e. The Morgan fingerprint density at radius 2 is 1.85 bits per heavy atom. The highest BCUT2D eigenvalue weighted by atomic mass is 35.5. The number of hydrogen-bond acceptors (Lipinski definition) is 5. The zero-order valence-electron chi connectivity index (χ0n) is 22.5. The van der Waals surface area contributed by atoms with Crippen LogP contribution in [0.15, 0.2) is 89.7 Å². The van der Waals surface area contributed by atoms with Crippen molar-refractivity contribution >= 4 is 40.6 Å². The van der Waals surface area contributed by atoms with Gasteiger partial charge in [0.15, 0.2) is 0 Å². The van der Waals surface area contributed by atoms with Crippen molar-refractivity contribution in [3.8, 4) is 11.1 Å². The third-order valence-electron chi connectivity index (χ3n) is 7.30. The molecule has 0 unspecified atom stereocenters. The molecule has 2 aliphatic rings. The molecule has 200 valence electrons. The van der Waals surface area contributed by atoms with Gasteiger partial charge < -0.3 is 20.4 Å². The van der Waals surface area contributed by atoms with Gasteiger partial charge in [0.25, 0.3) is 0 Å². The van der Waals surface area contributed by atoms with Crippen LogP contribution in [-0.2, 0) is 4.79 Å². The maximum absolute atomic E-state index is 11.9. The number of nitrogens with zero attached hydrogens (tertiary/aromatic N) is 3. The minimum atomic E-state index is -0.239. The number of rotatable bonds is 7. The summed E-state index contributed by atoms with van der Waals surface area (Å²) < 4.78 is 0. The number of amides is 1. The molecular weight excluding hydrogens is 506 g/mol. The number of hydrogen-bond donors (Lipinski definition) is 2. The molecule has 2 aliphatic heterocycles. The van der Waals surface area contributed by atoms with E-state index in [0.29, 0.717) is 5.69 Å². The first-order chi connectivity index (χ1) is 18.9. The number of piperazine rings is 1. The van der Waals surface area contributed by atoms with E-state index in [1.54, 1.807) is 0 Å². The van der Waals surface area contributed by atoms with E-state index in [4.69, 9.17) is 16.6 Å². The third-order valence-corrected chi connectivity index (χ3v) is 7.60. The van der Waals surface area contributed by atoms with Crippen LogP contribution in [0.25, 0.3) is 17.2 Å². The summed E-state index contributed by atoms with van der Waals surface area (Å²) >= 11 is 6.78. The Morgan fingerprint density at radius 1 is 1.05 bits per heavy atom. The van der Waals surface area contributed by atoms with E-state index in [0.717, 1.165) is 82.9 Å². The molecule has 1 fully saturated rings. The van der Waals surface area contributed by atoms with Crippen LogP contribution in [0.5, 0.6) is 0 Å². The van der Waals surface area contributed by atoms with Gasteiger partial charge in [0.05, 0.1) is 16.1 Å². The largest absolute Gasteiger partial charge is 0.368 e. The lowest BCUT2D eigenvalue weighted by Gasteiger charge is -2.34. The second-order valence-corrected chi connectivity index (χ2v) is 10.3. The van der Waals surface area contributed by atoms with Gasteiger partial charge in [0, 0.05) is 43.1 Å². The molecule has 0 spiro atoms. The molecule has 6 nitrogen and oxygen atoms in total. The number of fused-ring (bicyclic) bond motifs is 1. The van der Waals surface area contributed by atoms with E-state index < -0.39 is 0 Å². The summed E-state index contributed by atoms with van der Waals surface area (Å²) in [4.78, 5) is 21.7. The summed E-state index contributed by atoms with van der Waals surface area (Å²) in [6, 6.07) is 20.2. The first-order valence-electron chi connectivity index (χ1n) is 13.4.